The Kier molecular flexibility index (Phi) is 13.1. The number of carbonyl (C=O) groups excluding carboxylic acids is 2. The van der Waals surface area contributed by atoms with Crippen LogP contribution in [-0.4, -0.2) is 25.0 Å². The maximum absolute atomic E-state index is 13.4. The third kappa shape index (κ3) is 11.0. The summed E-state index contributed by atoms with van der Waals surface area (Å²) in [6, 6.07) is 12.1. The van der Waals surface area contributed by atoms with Crippen molar-refractivity contribution < 1.29 is 14.0 Å². The van der Waals surface area contributed by atoms with Gasteiger partial charge in [0.2, 0.25) is 5.91 Å². The highest BCUT2D eigenvalue weighted by molar-refractivity contribution is 6.30. The molecule has 2 N–H and O–H groups in total. The summed E-state index contributed by atoms with van der Waals surface area (Å²) in [7, 11) is 0. The predicted octanol–water partition coefficient (Wildman–Crippen LogP) is 7.55. The summed E-state index contributed by atoms with van der Waals surface area (Å²) in [5.41, 5.74) is 1.09. The fraction of sp³-hybridized carbons (Fsp3) is 0.481. The van der Waals surface area contributed by atoms with Crippen molar-refractivity contribution in [3.05, 3.63) is 59.4 Å². The Hall–Kier alpha value is -2.60. The number of urea groups is 1. The van der Waals surface area contributed by atoms with Gasteiger partial charge in [-0.2, -0.15) is 0 Å². The number of amides is 3. The molecule has 5 nitrogen and oxygen atoms in total. The number of hydrogen-bond donors (Lipinski definition) is 2. The van der Waals surface area contributed by atoms with Gasteiger partial charge in [0.05, 0.1) is 0 Å². The zero-order valence-electron chi connectivity index (χ0n) is 20.1. The van der Waals surface area contributed by atoms with Crippen LogP contribution in [0.15, 0.2) is 48.5 Å². The maximum atomic E-state index is 13.4. The topological polar surface area (TPSA) is 61.4 Å². The number of hydrogen-bond acceptors (Lipinski definition) is 2. The summed E-state index contributed by atoms with van der Waals surface area (Å²) < 4.78 is 13.4. The number of benzene rings is 2. The van der Waals surface area contributed by atoms with Crippen LogP contribution in [0.25, 0.3) is 0 Å². The molecule has 0 saturated carbocycles. The number of nitrogens with zero attached hydrogens (tertiary/aromatic N) is 1. The van der Waals surface area contributed by atoms with Gasteiger partial charge in [-0.05, 0) is 48.9 Å². The highest BCUT2D eigenvalue weighted by Crippen LogP contribution is 2.19. The molecule has 0 heterocycles. The number of nitrogens with one attached hydrogen (secondary N) is 2. The van der Waals surface area contributed by atoms with E-state index in [0.717, 1.165) is 12.8 Å². The molecule has 2 aromatic carbocycles. The predicted molar refractivity (Wildman–Crippen MR) is 139 cm³/mol. The van der Waals surface area contributed by atoms with Crippen LogP contribution in [-0.2, 0) is 4.79 Å². The highest BCUT2D eigenvalue weighted by Gasteiger charge is 2.16. The van der Waals surface area contributed by atoms with E-state index >= 15 is 0 Å². The Balaban J connectivity index is 1.76. The lowest BCUT2D eigenvalue weighted by molar-refractivity contribution is -0.121. The molecule has 2 aromatic rings. The van der Waals surface area contributed by atoms with Crippen molar-refractivity contribution in [2.75, 3.05) is 23.3 Å². The van der Waals surface area contributed by atoms with Gasteiger partial charge >= 0.3 is 6.03 Å². The first kappa shape index (κ1) is 27.6. The normalized spacial score (nSPS) is 10.7. The molecule has 0 aromatic heterocycles. The van der Waals surface area contributed by atoms with E-state index < -0.39 is 0 Å². The van der Waals surface area contributed by atoms with Crippen molar-refractivity contribution in [1.82, 2.24) is 5.32 Å². The van der Waals surface area contributed by atoms with Crippen LogP contribution in [0.3, 0.4) is 0 Å². The molecule has 2 rings (SSSR count). The molecule has 186 valence electrons. The minimum Gasteiger partial charge on any atom is -0.354 e. The largest absolute Gasteiger partial charge is 0.354 e. The lowest BCUT2D eigenvalue weighted by Crippen LogP contribution is -2.41. The molecule has 0 fully saturated rings. The molecule has 0 aliphatic carbocycles. The fourth-order valence-electron chi connectivity index (χ4n) is 3.72. The molecule has 7 heteroatoms. The molecule has 3 amide bonds. The van der Waals surface area contributed by atoms with Gasteiger partial charge in [-0.25, -0.2) is 9.18 Å². The van der Waals surface area contributed by atoms with Crippen LogP contribution >= 0.6 is 11.6 Å². The second kappa shape index (κ2) is 16.1. The second-order valence-corrected chi connectivity index (χ2v) is 8.93. The van der Waals surface area contributed by atoms with Crippen molar-refractivity contribution >= 4 is 34.9 Å². The smallest absolute Gasteiger partial charge is 0.326 e. The standard InChI is InChI=1S/C27H37ClFN3O2/c1-2-3-4-5-6-7-8-9-10-14-26(33)30-19-20-32(25-17-15-23(29)16-18-25)27(34)31-24-13-11-12-22(28)21-24/h11-13,15-18,21H,2-10,14,19-20H2,1H3,(H,30,33)(H,31,34). The Morgan fingerprint density at radius 1 is 0.912 bits per heavy atom. The van der Waals surface area contributed by atoms with E-state index in [4.69, 9.17) is 11.6 Å². The SMILES string of the molecule is CCCCCCCCCCCC(=O)NCCN(C(=O)Nc1cccc(Cl)c1)c1ccc(F)cc1. The first-order valence-corrected chi connectivity index (χ1v) is 12.7. The summed E-state index contributed by atoms with van der Waals surface area (Å²) in [5.74, 6) is -0.398. The number of unbranched alkanes of at least 4 members (excludes halogenated alkanes) is 8. The first-order chi connectivity index (χ1) is 16.5. The van der Waals surface area contributed by atoms with Crippen LogP contribution in [0.5, 0.6) is 0 Å². The van der Waals surface area contributed by atoms with Crippen LogP contribution in [0, 0.1) is 5.82 Å². The van der Waals surface area contributed by atoms with Gasteiger partial charge in [0.15, 0.2) is 0 Å². The van der Waals surface area contributed by atoms with E-state index in [9.17, 15) is 14.0 Å². The summed E-state index contributed by atoms with van der Waals surface area (Å²) in [6.07, 6.45) is 11.3. The fourth-order valence-corrected chi connectivity index (χ4v) is 3.91. The average molecular weight is 490 g/mol. The Bertz CT molecular complexity index is 876. The van der Waals surface area contributed by atoms with Crippen molar-refractivity contribution in [1.29, 1.82) is 0 Å². The molecule has 0 bridgehead atoms. The zero-order valence-corrected chi connectivity index (χ0v) is 20.9. The lowest BCUT2D eigenvalue weighted by atomic mass is 10.1. The van der Waals surface area contributed by atoms with E-state index in [-0.39, 0.29) is 24.3 Å². The van der Waals surface area contributed by atoms with Crippen molar-refractivity contribution in [3.63, 3.8) is 0 Å². The summed E-state index contributed by atoms with van der Waals surface area (Å²) >= 11 is 6.00. The molecule has 0 atom stereocenters. The van der Waals surface area contributed by atoms with Crippen LogP contribution in [0.1, 0.15) is 71.1 Å². The van der Waals surface area contributed by atoms with Gasteiger partial charge < -0.3 is 10.6 Å². The van der Waals surface area contributed by atoms with Gasteiger partial charge in [0, 0.05) is 35.9 Å². The number of anilines is 2. The van der Waals surface area contributed by atoms with Crippen molar-refractivity contribution in [2.45, 2.75) is 71.1 Å². The van der Waals surface area contributed by atoms with E-state index in [1.165, 1.54) is 74.1 Å². The minimum atomic E-state index is -0.387. The molecule has 0 aliphatic rings. The molecule has 0 radical (unpaired) electrons. The second-order valence-electron chi connectivity index (χ2n) is 8.50. The van der Waals surface area contributed by atoms with Gasteiger partial charge in [0.25, 0.3) is 0 Å². The quantitative estimate of drug-likeness (QED) is 0.253. The van der Waals surface area contributed by atoms with Gasteiger partial charge in [0.1, 0.15) is 5.82 Å². The molecule has 0 unspecified atom stereocenters. The third-order valence-electron chi connectivity index (χ3n) is 5.62. The van der Waals surface area contributed by atoms with Crippen LogP contribution in [0.2, 0.25) is 5.02 Å². The number of halogens is 2. The molecule has 0 saturated heterocycles. The van der Waals surface area contributed by atoms with Gasteiger partial charge in [-0.15, -0.1) is 0 Å². The third-order valence-corrected chi connectivity index (χ3v) is 5.86. The van der Waals surface area contributed by atoms with Crippen LogP contribution < -0.4 is 15.5 Å². The van der Waals surface area contributed by atoms with E-state index in [1.54, 1.807) is 24.3 Å². The van der Waals surface area contributed by atoms with Crippen molar-refractivity contribution in [2.24, 2.45) is 0 Å². The van der Waals surface area contributed by atoms with E-state index in [1.807, 2.05) is 0 Å². The van der Waals surface area contributed by atoms with Crippen LogP contribution in [0.4, 0.5) is 20.6 Å². The van der Waals surface area contributed by atoms with Crippen molar-refractivity contribution in [3.8, 4) is 0 Å². The molecular weight excluding hydrogens is 453 g/mol. The highest BCUT2D eigenvalue weighted by atomic mass is 35.5. The average Bonchev–Trinajstić information content (AvgIpc) is 2.81. The Morgan fingerprint density at radius 3 is 2.21 bits per heavy atom. The van der Waals surface area contributed by atoms with Gasteiger partial charge in [-0.1, -0.05) is 76.0 Å². The van der Waals surface area contributed by atoms with E-state index in [2.05, 4.69) is 17.6 Å². The Morgan fingerprint density at radius 2 is 1.56 bits per heavy atom. The maximum Gasteiger partial charge on any atom is 0.326 e. The molecular formula is C27H37ClFN3O2. The number of rotatable bonds is 15. The monoisotopic (exact) mass is 489 g/mol. The lowest BCUT2D eigenvalue weighted by Gasteiger charge is -2.23. The molecule has 0 aliphatic heterocycles. The summed E-state index contributed by atoms with van der Waals surface area (Å²) in [4.78, 5) is 26.6. The Labute approximate surface area is 208 Å². The zero-order chi connectivity index (χ0) is 24.6. The summed E-state index contributed by atoms with van der Waals surface area (Å²) in [6.45, 7) is 2.78. The van der Waals surface area contributed by atoms with E-state index in [0.29, 0.717) is 29.4 Å². The summed E-state index contributed by atoms with van der Waals surface area (Å²) in [5, 5.41) is 6.20. The van der Waals surface area contributed by atoms with Gasteiger partial charge in [-0.3, -0.25) is 9.69 Å². The molecule has 34 heavy (non-hydrogen) atoms. The molecule has 0 spiro atoms. The number of carbonyl (C=O) groups is 2. The first-order valence-electron chi connectivity index (χ1n) is 12.4. The minimum absolute atomic E-state index is 0.0164.